The summed E-state index contributed by atoms with van der Waals surface area (Å²) >= 11 is 8.46. The van der Waals surface area contributed by atoms with Crippen molar-refractivity contribution in [1.29, 1.82) is 0 Å². The minimum Gasteiger partial charge on any atom is -0.489 e. The predicted octanol–water partition coefficient (Wildman–Crippen LogP) is 8.32. The molecule has 3 aromatic rings. The minimum atomic E-state index is -0.0631. The zero-order valence-corrected chi connectivity index (χ0v) is 24.3. The van der Waals surface area contributed by atoms with E-state index in [1.54, 1.807) is 6.07 Å². The van der Waals surface area contributed by atoms with Crippen LogP contribution in [0.5, 0.6) is 5.75 Å². The molecular formula is C32H41ClN2O2S. The number of nitrogens with one attached hydrogen (secondary N) is 1. The minimum absolute atomic E-state index is 0.0631. The van der Waals surface area contributed by atoms with Crippen LogP contribution in [-0.2, 0) is 6.54 Å². The van der Waals surface area contributed by atoms with Crippen LogP contribution in [0.2, 0.25) is 5.02 Å². The lowest BCUT2D eigenvalue weighted by Crippen LogP contribution is -2.44. The summed E-state index contributed by atoms with van der Waals surface area (Å²) in [5.41, 5.74) is 1.92. The molecule has 1 amide bonds. The van der Waals surface area contributed by atoms with Gasteiger partial charge >= 0.3 is 0 Å². The van der Waals surface area contributed by atoms with Gasteiger partial charge in [0.2, 0.25) is 0 Å². The lowest BCUT2D eigenvalue weighted by Gasteiger charge is -2.32. The first-order chi connectivity index (χ1) is 18.6. The van der Waals surface area contributed by atoms with Crippen molar-refractivity contribution in [3.05, 3.63) is 87.1 Å². The maximum atomic E-state index is 13.0. The van der Waals surface area contributed by atoms with Gasteiger partial charge in [-0.3, -0.25) is 9.69 Å². The highest BCUT2D eigenvalue weighted by molar-refractivity contribution is 7.10. The van der Waals surface area contributed by atoms with Crippen molar-refractivity contribution in [2.75, 3.05) is 13.1 Å². The van der Waals surface area contributed by atoms with Crippen molar-refractivity contribution in [2.45, 2.75) is 83.4 Å². The van der Waals surface area contributed by atoms with Crippen molar-refractivity contribution < 1.29 is 9.53 Å². The van der Waals surface area contributed by atoms with Crippen LogP contribution in [0.4, 0.5) is 0 Å². The number of amides is 1. The van der Waals surface area contributed by atoms with Crippen LogP contribution >= 0.6 is 22.9 Å². The Morgan fingerprint density at radius 1 is 1.05 bits per heavy atom. The topological polar surface area (TPSA) is 41.6 Å². The Morgan fingerprint density at radius 2 is 1.84 bits per heavy atom. The van der Waals surface area contributed by atoms with E-state index in [0.29, 0.717) is 22.3 Å². The number of piperidine rings is 1. The highest BCUT2D eigenvalue weighted by Crippen LogP contribution is 2.32. The first-order valence-corrected chi connectivity index (χ1v) is 15.4. The molecule has 2 atom stereocenters. The molecule has 38 heavy (non-hydrogen) atoms. The highest BCUT2D eigenvalue weighted by atomic mass is 35.5. The molecule has 1 aliphatic rings. The lowest BCUT2D eigenvalue weighted by atomic mass is 9.95. The van der Waals surface area contributed by atoms with E-state index in [1.165, 1.54) is 10.4 Å². The average Bonchev–Trinajstić information content (AvgIpc) is 3.47. The van der Waals surface area contributed by atoms with Crippen LogP contribution < -0.4 is 10.1 Å². The molecule has 4 rings (SSSR count). The van der Waals surface area contributed by atoms with E-state index in [1.807, 2.05) is 23.5 Å². The van der Waals surface area contributed by atoms with E-state index < -0.39 is 0 Å². The van der Waals surface area contributed by atoms with Crippen molar-refractivity contribution in [3.8, 4) is 5.75 Å². The Morgan fingerprint density at radius 3 is 2.50 bits per heavy atom. The monoisotopic (exact) mass is 552 g/mol. The molecule has 4 nitrogen and oxygen atoms in total. The molecule has 6 heteroatoms. The van der Waals surface area contributed by atoms with E-state index in [-0.39, 0.29) is 18.1 Å². The molecule has 2 unspecified atom stereocenters. The summed E-state index contributed by atoms with van der Waals surface area (Å²) < 4.78 is 6.38. The summed E-state index contributed by atoms with van der Waals surface area (Å²) in [4.78, 5) is 16.9. The number of rotatable bonds is 13. The molecule has 1 saturated heterocycles. The Bertz CT molecular complexity index is 1110. The third-order valence-electron chi connectivity index (χ3n) is 7.55. The number of ether oxygens (including phenoxy) is 1. The number of likely N-dealkylation sites (tertiary alicyclic amines) is 1. The summed E-state index contributed by atoms with van der Waals surface area (Å²) in [5, 5.41) is 5.87. The fourth-order valence-corrected chi connectivity index (χ4v) is 6.48. The van der Waals surface area contributed by atoms with E-state index in [9.17, 15) is 4.79 Å². The maximum absolute atomic E-state index is 13.0. The van der Waals surface area contributed by atoms with Gasteiger partial charge in [-0.2, -0.15) is 0 Å². The largest absolute Gasteiger partial charge is 0.489 e. The van der Waals surface area contributed by atoms with E-state index in [0.717, 1.165) is 64.6 Å². The quantitative estimate of drug-likeness (QED) is 0.232. The van der Waals surface area contributed by atoms with E-state index >= 15 is 0 Å². The second-order valence-electron chi connectivity index (χ2n) is 10.4. The number of thiophene rings is 1. The third kappa shape index (κ3) is 8.33. The summed E-state index contributed by atoms with van der Waals surface area (Å²) in [6.45, 7) is 7.38. The van der Waals surface area contributed by atoms with Gasteiger partial charge in [-0.05, 0) is 79.7 Å². The van der Waals surface area contributed by atoms with E-state index in [2.05, 4.69) is 71.9 Å². The Kier molecular flexibility index (Phi) is 11.1. The van der Waals surface area contributed by atoms with Gasteiger partial charge in [0.05, 0.1) is 11.1 Å². The fourth-order valence-electron chi connectivity index (χ4n) is 5.31. The van der Waals surface area contributed by atoms with E-state index in [4.69, 9.17) is 16.3 Å². The standard InChI is InChI=1S/C32H41ClN2O2S/c1-3-9-28(15-13-25(4-2)31-12-8-21-38-31)37-30-16-14-26(22-29(30)33)32(36)34-27-17-19-35(20-18-27)23-24-10-6-5-7-11-24/h5-8,10-12,14,16,21-22,25,27-28H,3-4,9,13,15,17-20,23H2,1-2H3,(H,34,36). The van der Waals surface area contributed by atoms with Crippen molar-refractivity contribution in [3.63, 3.8) is 0 Å². The zero-order valence-electron chi connectivity index (χ0n) is 22.7. The first kappa shape index (κ1) is 28.7. The number of hydrogen-bond acceptors (Lipinski definition) is 4. The van der Waals surface area contributed by atoms with Gasteiger partial charge in [-0.15, -0.1) is 11.3 Å². The molecule has 2 heterocycles. The third-order valence-corrected chi connectivity index (χ3v) is 8.88. The molecule has 0 radical (unpaired) electrons. The second kappa shape index (κ2) is 14.7. The highest BCUT2D eigenvalue weighted by Gasteiger charge is 2.22. The summed E-state index contributed by atoms with van der Waals surface area (Å²) in [5.74, 6) is 1.18. The smallest absolute Gasteiger partial charge is 0.251 e. The number of carbonyl (C=O) groups excluding carboxylic acids is 1. The number of benzene rings is 2. The van der Waals surface area contributed by atoms with Crippen LogP contribution in [0.15, 0.2) is 66.0 Å². The first-order valence-electron chi connectivity index (χ1n) is 14.1. The van der Waals surface area contributed by atoms with Gasteiger partial charge in [-0.1, -0.05) is 68.3 Å². The van der Waals surface area contributed by atoms with Gasteiger partial charge < -0.3 is 10.1 Å². The number of nitrogens with zero attached hydrogens (tertiary/aromatic N) is 1. The molecule has 1 aliphatic heterocycles. The second-order valence-corrected chi connectivity index (χ2v) is 11.8. The molecule has 1 N–H and O–H groups in total. The van der Waals surface area contributed by atoms with Gasteiger partial charge in [-0.25, -0.2) is 0 Å². The normalized spacial score (nSPS) is 16.2. The van der Waals surface area contributed by atoms with Gasteiger partial charge in [0.25, 0.3) is 5.91 Å². The molecule has 1 fully saturated rings. The Balaban J connectivity index is 1.27. The van der Waals surface area contributed by atoms with Gasteiger partial charge in [0.15, 0.2) is 0 Å². The van der Waals surface area contributed by atoms with Crippen molar-refractivity contribution in [1.82, 2.24) is 10.2 Å². The molecule has 0 spiro atoms. The van der Waals surface area contributed by atoms with Gasteiger partial charge in [0.1, 0.15) is 5.75 Å². The van der Waals surface area contributed by atoms with Crippen molar-refractivity contribution >= 4 is 28.8 Å². The average molecular weight is 553 g/mol. The molecule has 2 aromatic carbocycles. The SMILES string of the molecule is CCCC(CCC(CC)c1cccs1)Oc1ccc(C(=O)NC2CCN(Cc3ccccc3)CC2)cc1Cl. The molecule has 0 aliphatic carbocycles. The Hall–Kier alpha value is -2.34. The predicted molar refractivity (Wildman–Crippen MR) is 160 cm³/mol. The van der Waals surface area contributed by atoms with Crippen LogP contribution in [0, 0.1) is 0 Å². The molecular weight excluding hydrogens is 512 g/mol. The van der Waals surface area contributed by atoms with Crippen molar-refractivity contribution in [2.24, 2.45) is 0 Å². The lowest BCUT2D eigenvalue weighted by molar-refractivity contribution is 0.0909. The summed E-state index contributed by atoms with van der Waals surface area (Å²) in [6, 6.07) is 20.6. The number of halogens is 1. The Labute approximate surface area is 237 Å². The number of hydrogen-bond donors (Lipinski definition) is 1. The molecule has 204 valence electrons. The van der Waals surface area contributed by atoms with Gasteiger partial charge in [0, 0.05) is 36.1 Å². The molecule has 1 aromatic heterocycles. The zero-order chi connectivity index (χ0) is 26.7. The summed E-state index contributed by atoms with van der Waals surface area (Å²) in [6.07, 6.45) is 7.30. The van der Waals surface area contributed by atoms with Crippen LogP contribution in [0.3, 0.4) is 0 Å². The fraction of sp³-hybridized carbons (Fsp3) is 0.469. The summed E-state index contributed by atoms with van der Waals surface area (Å²) in [7, 11) is 0. The van der Waals surface area contributed by atoms with Crippen LogP contribution in [-0.4, -0.2) is 36.0 Å². The molecule has 0 bridgehead atoms. The maximum Gasteiger partial charge on any atom is 0.251 e. The molecule has 0 saturated carbocycles. The van der Waals surface area contributed by atoms with Crippen LogP contribution in [0.25, 0.3) is 0 Å². The number of carbonyl (C=O) groups is 1. The van der Waals surface area contributed by atoms with Crippen LogP contribution in [0.1, 0.15) is 85.5 Å².